The lowest BCUT2D eigenvalue weighted by molar-refractivity contribution is 0.591. The molecule has 0 radical (unpaired) electrons. The van der Waals surface area contributed by atoms with Crippen molar-refractivity contribution in [2.24, 2.45) is 0 Å². The van der Waals surface area contributed by atoms with Crippen molar-refractivity contribution in [1.82, 2.24) is 15.2 Å². The molecule has 0 bridgehead atoms. The monoisotopic (exact) mass is 315 g/mol. The van der Waals surface area contributed by atoms with Crippen LogP contribution in [0.3, 0.4) is 0 Å². The van der Waals surface area contributed by atoms with Gasteiger partial charge in [0, 0.05) is 29.3 Å². The van der Waals surface area contributed by atoms with Crippen molar-refractivity contribution < 1.29 is 8.78 Å². The molecule has 6 heteroatoms. The van der Waals surface area contributed by atoms with E-state index in [1.807, 2.05) is 24.3 Å². The molecule has 0 saturated carbocycles. The van der Waals surface area contributed by atoms with E-state index < -0.39 is 11.6 Å². The zero-order chi connectivity index (χ0) is 15.4. The number of nitrogens with zero attached hydrogens (tertiary/aromatic N) is 3. The Morgan fingerprint density at radius 1 is 0.909 bits per heavy atom. The van der Waals surface area contributed by atoms with E-state index >= 15 is 0 Å². The molecular weight excluding hydrogens is 304 g/mol. The van der Waals surface area contributed by atoms with E-state index in [9.17, 15) is 8.78 Å². The summed E-state index contributed by atoms with van der Waals surface area (Å²) in [5.74, 6) is -0.571. The fourth-order valence-electron chi connectivity index (χ4n) is 1.88. The summed E-state index contributed by atoms with van der Waals surface area (Å²) in [7, 11) is 0. The van der Waals surface area contributed by atoms with Gasteiger partial charge in [-0.25, -0.2) is 8.78 Å². The van der Waals surface area contributed by atoms with Crippen molar-refractivity contribution >= 4 is 11.8 Å². The molecule has 0 aliphatic rings. The molecule has 110 valence electrons. The van der Waals surface area contributed by atoms with E-state index in [0.29, 0.717) is 16.3 Å². The Morgan fingerprint density at radius 2 is 1.73 bits per heavy atom. The molecule has 3 aromatic rings. The standard InChI is InChI=1S/C16H11F2N3S/c17-13-1-2-14(18)12(9-13)10-22-16-4-3-15(20-21-16)11-5-7-19-8-6-11/h1-9H,10H2. The first-order valence-corrected chi connectivity index (χ1v) is 7.52. The van der Waals surface area contributed by atoms with E-state index in [4.69, 9.17) is 0 Å². The summed E-state index contributed by atoms with van der Waals surface area (Å²) < 4.78 is 26.6. The molecule has 0 amide bonds. The summed E-state index contributed by atoms with van der Waals surface area (Å²) in [4.78, 5) is 3.95. The van der Waals surface area contributed by atoms with Gasteiger partial charge < -0.3 is 0 Å². The lowest BCUT2D eigenvalue weighted by Crippen LogP contribution is -1.92. The van der Waals surface area contributed by atoms with E-state index in [-0.39, 0.29) is 0 Å². The summed E-state index contributed by atoms with van der Waals surface area (Å²) in [6.45, 7) is 0. The molecule has 2 heterocycles. The van der Waals surface area contributed by atoms with Crippen molar-refractivity contribution in [1.29, 1.82) is 0 Å². The third kappa shape index (κ3) is 3.46. The van der Waals surface area contributed by atoms with Gasteiger partial charge in [-0.2, -0.15) is 0 Å². The summed E-state index contributed by atoms with van der Waals surface area (Å²) in [5.41, 5.74) is 1.98. The van der Waals surface area contributed by atoms with E-state index in [1.165, 1.54) is 17.8 Å². The van der Waals surface area contributed by atoms with Crippen LogP contribution in [0.4, 0.5) is 8.78 Å². The zero-order valence-electron chi connectivity index (χ0n) is 11.4. The Balaban J connectivity index is 1.70. The van der Waals surface area contributed by atoms with Gasteiger partial charge in [-0.15, -0.1) is 10.2 Å². The largest absolute Gasteiger partial charge is 0.265 e. The minimum atomic E-state index is -0.448. The van der Waals surface area contributed by atoms with Crippen LogP contribution in [-0.4, -0.2) is 15.2 Å². The lowest BCUT2D eigenvalue weighted by atomic mass is 10.2. The summed E-state index contributed by atoms with van der Waals surface area (Å²) in [6, 6.07) is 10.8. The highest BCUT2D eigenvalue weighted by Gasteiger charge is 2.06. The van der Waals surface area contributed by atoms with Gasteiger partial charge >= 0.3 is 0 Å². The highest BCUT2D eigenvalue weighted by Crippen LogP contribution is 2.24. The Morgan fingerprint density at radius 3 is 2.45 bits per heavy atom. The number of aromatic nitrogens is 3. The second-order valence-corrected chi connectivity index (χ2v) is 5.51. The Kier molecular flexibility index (Phi) is 4.39. The van der Waals surface area contributed by atoms with E-state index in [2.05, 4.69) is 15.2 Å². The first-order chi connectivity index (χ1) is 10.7. The predicted octanol–water partition coefficient (Wildman–Crippen LogP) is 4.11. The second-order valence-electron chi connectivity index (χ2n) is 4.52. The lowest BCUT2D eigenvalue weighted by Gasteiger charge is -2.04. The average Bonchev–Trinajstić information content (AvgIpc) is 2.57. The van der Waals surface area contributed by atoms with Crippen LogP contribution in [-0.2, 0) is 5.75 Å². The van der Waals surface area contributed by atoms with Crippen molar-refractivity contribution in [2.45, 2.75) is 10.8 Å². The second kappa shape index (κ2) is 6.62. The number of hydrogen-bond donors (Lipinski definition) is 0. The molecule has 0 aliphatic heterocycles. The zero-order valence-corrected chi connectivity index (χ0v) is 12.2. The first-order valence-electron chi connectivity index (χ1n) is 6.53. The number of halogens is 2. The molecular formula is C16H11F2N3S. The molecule has 0 N–H and O–H groups in total. The van der Waals surface area contributed by atoms with Crippen LogP contribution in [0.2, 0.25) is 0 Å². The van der Waals surface area contributed by atoms with Gasteiger partial charge in [0.2, 0.25) is 0 Å². The molecule has 3 rings (SSSR count). The molecule has 0 saturated heterocycles. The molecule has 0 spiro atoms. The first kappa shape index (κ1) is 14.6. The molecule has 0 unspecified atom stereocenters. The van der Waals surface area contributed by atoms with Crippen LogP contribution in [0.25, 0.3) is 11.3 Å². The van der Waals surface area contributed by atoms with Crippen molar-refractivity contribution in [3.8, 4) is 11.3 Å². The Bertz CT molecular complexity index is 764. The number of pyridine rings is 1. The topological polar surface area (TPSA) is 38.7 Å². The minimum Gasteiger partial charge on any atom is -0.265 e. The summed E-state index contributed by atoms with van der Waals surface area (Å²) in [5, 5.41) is 8.89. The van der Waals surface area contributed by atoms with Gasteiger partial charge in [0.25, 0.3) is 0 Å². The fraction of sp³-hybridized carbons (Fsp3) is 0.0625. The molecule has 3 nitrogen and oxygen atoms in total. The van der Waals surface area contributed by atoms with Gasteiger partial charge in [0.1, 0.15) is 16.7 Å². The highest BCUT2D eigenvalue weighted by molar-refractivity contribution is 7.98. The van der Waals surface area contributed by atoms with E-state index in [0.717, 1.165) is 23.4 Å². The molecule has 2 aromatic heterocycles. The van der Waals surface area contributed by atoms with Gasteiger partial charge in [0.15, 0.2) is 0 Å². The third-order valence-electron chi connectivity index (χ3n) is 3.00. The van der Waals surface area contributed by atoms with Crippen LogP contribution < -0.4 is 0 Å². The van der Waals surface area contributed by atoms with Gasteiger partial charge in [-0.1, -0.05) is 11.8 Å². The summed E-state index contributed by atoms with van der Waals surface area (Å²) in [6.07, 6.45) is 3.37. The molecule has 0 atom stereocenters. The Labute approximate surface area is 130 Å². The van der Waals surface area contributed by atoms with Crippen molar-refractivity contribution in [3.05, 3.63) is 72.1 Å². The number of rotatable bonds is 4. The summed E-state index contributed by atoms with van der Waals surface area (Å²) >= 11 is 1.31. The van der Waals surface area contributed by atoms with Crippen molar-refractivity contribution in [2.75, 3.05) is 0 Å². The van der Waals surface area contributed by atoms with Crippen LogP contribution in [0.1, 0.15) is 5.56 Å². The molecule has 0 fully saturated rings. The maximum atomic E-state index is 13.5. The van der Waals surface area contributed by atoms with Gasteiger partial charge in [-0.3, -0.25) is 4.98 Å². The quantitative estimate of drug-likeness (QED) is 0.679. The molecule has 1 aromatic carbocycles. The normalized spacial score (nSPS) is 10.6. The number of thioether (sulfide) groups is 1. The average molecular weight is 315 g/mol. The van der Waals surface area contributed by atoms with Crippen LogP contribution in [0.5, 0.6) is 0 Å². The van der Waals surface area contributed by atoms with Crippen LogP contribution >= 0.6 is 11.8 Å². The maximum Gasteiger partial charge on any atom is 0.127 e. The van der Waals surface area contributed by atoms with Crippen molar-refractivity contribution in [3.63, 3.8) is 0 Å². The highest BCUT2D eigenvalue weighted by atomic mass is 32.2. The Hall–Kier alpha value is -2.34. The van der Waals surface area contributed by atoms with Gasteiger partial charge in [-0.05, 0) is 42.5 Å². The SMILES string of the molecule is Fc1ccc(F)c(CSc2ccc(-c3ccncc3)nn2)c1. The van der Waals surface area contributed by atoms with Crippen LogP contribution in [0, 0.1) is 11.6 Å². The molecule has 0 aliphatic carbocycles. The fourth-order valence-corrected chi connectivity index (χ4v) is 2.67. The van der Waals surface area contributed by atoms with Gasteiger partial charge in [0.05, 0.1) is 5.69 Å². The minimum absolute atomic E-state index is 0.298. The molecule has 22 heavy (non-hydrogen) atoms. The number of benzene rings is 1. The smallest absolute Gasteiger partial charge is 0.127 e. The maximum absolute atomic E-state index is 13.5. The predicted molar refractivity (Wildman–Crippen MR) is 81.2 cm³/mol. The third-order valence-corrected chi connectivity index (χ3v) is 3.97. The van der Waals surface area contributed by atoms with Crippen LogP contribution in [0.15, 0.2) is 59.9 Å². The number of hydrogen-bond acceptors (Lipinski definition) is 4. The van der Waals surface area contributed by atoms with E-state index in [1.54, 1.807) is 12.4 Å².